The average Bonchev–Trinajstić information content (AvgIpc) is 2.82. The largest absolute Gasteiger partial charge is 0.465 e. The third kappa shape index (κ3) is 7.34. The molecule has 178 valence electrons. The Balaban J connectivity index is 1.50. The number of thiol groups is 1. The Morgan fingerprint density at radius 1 is 1.03 bits per heavy atom. The fourth-order valence-corrected chi connectivity index (χ4v) is 4.23. The van der Waals surface area contributed by atoms with Crippen molar-refractivity contribution in [3.05, 3.63) is 65.0 Å². The van der Waals surface area contributed by atoms with Crippen molar-refractivity contribution in [2.24, 2.45) is 0 Å². The predicted octanol–water partition coefficient (Wildman–Crippen LogP) is 1.10. The standard InChI is InChI=1S/C23H30N4O5S/c1-18(28)26-13-11-25(12-14-26)16-20-5-3-19(4-6-20)9-10-27(33(30)31)17-22-8-7-21(15-24-22)23(29)32-2/h3-8,15,33H,9-14,16-17H2,1-2H3. The summed E-state index contributed by atoms with van der Waals surface area (Å²) in [5.41, 5.74) is 3.12. The van der Waals surface area contributed by atoms with E-state index in [1.165, 1.54) is 23.2 Å². The third-order valence-corrected chi connectivity index (χ3v) is 6.53. The van der Waals surface area contributed by atoms with Crippen molar-refractivity contribution in [1.29, 1.82) is 0 Å². The quantitative estimate of drug-likeness (QED) is 0.429. The molecule has 0 saturated carbocycles. The number of aromatic nitrogens is 1. The fraction of sp³-hybridized carbons (Fsp3) is 0.435. The first-order chi connectivity index (χ1) is 15.9. The van der Waals surface area contributed by atoms with Gasteiger partial charge in [0.05, 0.1) is 24.9 Å². The molecule has 1 amide bonds. The second kappa shape index (κ2) is 11.9. The van der Waals surface area contributed by atoms with Crippen molar-refractivity contribution in [3.63, 3.8) is 0 Å². The summed E-state index contributed by atoms with van der Waals surface area (Å²) in [7, 11) is -1.47. The van der Waals surface area contributed by atoms with Crippen LogP contribution in [0.2, 0.25) is 0 Å². The Hall–Kier alpha value is -2.82. The second-order valence-electron chi connectivity index (χ2n) is 8.00. The Bertz CT molecular complexity index is 1010. The van der Waals surface area contributed by atoms with E-state index in [2.05, 4.69) is 26.8 Å². The lowest BCUT2D eigenvalue weighted by Gasteiger charge is -2.34. The number of piperazine rings is 1. The number of methoxy groups -OCH3 is 1. The normalized spacial score (nSPS) is 14.6. The molecule has 0 N–H and O–H groups in total. The zero-order chi connectivity index (χ0) is 23.8. The molecule has 3 rings (SSSR count). The maximum atomic E-state index is 11.7. The van der Waals surface area contributed by atoms with E-state index in [0.29, 0.717) is 24.2 Å². The maximum Gasteiger partial charge on any atom is 0.339 e. The lowest BCUT2D eigenvalue weighted by atomic mass is 10.1. The number of esters is 1. The van der Waals surface area contributed by atoms with Gasteiger partial charge >= 0.3 is 5.97 Å². The summed E-state index contributed by atoms with van der Waals surface area (Å²) in [6, 6.07) is 11.4. The number of benzene rings is 1. The number of nitrogens with zero attached hydrogens (tertiary/aromatic N) is 4. The van der Waals surface area contributed by atoms with Crippen molar-refractivity contribution in [2.45, 2.75) is 26.4 Å². The minimum atomic E-state index is -2.77. The van der Waals surface area contributed by atoms with Crippen molar-refractivity contribution in [2.75, 3.05) is 39.8 Å². The van der Waals surface area contributed by atoms with Crippen molar-refractivity contribution in [3.8, 4) is 0 Å². The zero-order valence-corrected chi connectivity index (χ0v) is 19.9. The molecule has 10 heteroatoms. The van der Waals surface area contributed by atoms with E-state index >= 15 is 0 Å². The van der Waals surface area contributed by atoms with Crippen molar-refractivity contribution >= 4 is 22.8 Å². The molecule has 2 heterocycles. The van der Waals surface area contributed by atoms with E-state index in [9.17, 15) is 18.0 Å². The molecule has 0 bridgehead atoms. The highest BCUT2D eigenvalue weighted by molar-refractivity contribution is 7.69. The number of pyridine rings is 1. The van der Waals surface area contributed by atoms with Crippen LogP contribution < -0.4 is 0 Å². The minimum Gasteiger partial charge on any atom is -0.465 e. The first kappa shape index (κ1) is 24.8. The summed E-state index contributed by atoms with van der Waals surface area (Å²) in [6.07, 6.45) is 1.97. The van der Waals surface area contributed by atoms with Gasteiger partial charge in [-0.1, -0.05) is 24.3 Å². The molecule has 0 radical (unpaired) electrons. The number of carbonyl (C=O) groups is 2. The number of hydrogen-bond acceptors (Lipinski definition) is 7. The highest BCUT2D eigenvalue weighted by Gasteiger charge is 2.18. The average molecular weight is 475 g/mol. The van der Waals surface area contributed by atoms with Crippen LogP contribution in [0, 0.1) is 0 Å². The summed E-state index contributed by atoms with van der Waals surface area (Å²) < 4.78 is 29.4. The number of ether oxygens (including phenoxy) is 1. The summed E-state index contributed by atoms with van der Waals surface area (Å²) in [5.74, 6) is -0.357. The summed E-state index contributed by atoms with van der Waals surface area (Å²) in [5, 5.41) is 0. The molecule has 0 spiro atoms. The highest BCUT2D eigenvalue weighted by atomic mass is 32.2. The van der Waals surface area contributed by atoms with Gasteiger partial charge in [0, 0.05) is 52.4 Å². The highest BCUT2D eigenvalue weighted by Crippen LogP contribution is 2.12. The van der Waals surface area contributed by atoms with Crippen LogP contribution in [0.5, 0.6) is 0 Å². The first-order valence-electron chi connectivity index (χ1n) is 10.8. The van der Waals surface area contributed by atoms with Gasteiger partial charge in [0.1, 0.15) is 0 Å². The van der Waals surface area contributed by atoms with Gasteiger partial charge in [-0.25, -0.2) is 13.2 Å². The maximum absolute atomic E-state index is 11.7. The van der Waals surface area contributed by atoms with Crippen molar-refractivity contribution < 1.29 is 22.7 Å². The van der Waals surface area contributed by atoms with E-state index < -0.39 is 16.9 Å². The molecule has 0 unspecified atom stereocenters. The third-order valence-electron chi connectivity index (χ3n) is 5.73. The van der Waals surface area contributed by atoms with Crippen LogP contribution in [0.1, 0.15) is 34.1 Å². The van der Waals surface area contributed by atoms with Crippen LogP contribution in [-0.4, -0.2) is 79.2 Å². The summed E-state index contributed by atoms with van der Waals surface area (Å²) in [4.78, 5) is 31.3. The molecule has 1 saturated heterocycles. The molecule has 33 heavy (non-hydrogen) atoms. The zero-order valence-electron chi connectivity index (χ0n) is 19.0. The van der Waals surface area contributed by atoms with Crippen LogP contribution >= 0.6 is 0 Å². The Kier molecular flexibility index (Phi) is 8.93. The van der Waals surface area contributed by atoms with E-state index in [0.717, 1.165) is 38.3 Å². The monoisotopic (exact) mass is 474 g/mol. The fourth-order valence-electron chi connectivity index (χ4n) is 3.71. The lowest BCUT2D eigenvalue weighted by Crippen LogP contribution is -2.47. The molecular formula is C23H30N4O5S. The molecule has 9 nitrogen and oxygen atoms in total. The Morgan fingerprint density at radius 3 is 2.24 bits per heavy atom. The molecule has 0 atom stereocenters. The molecule has 1 aliphatic rings. The lowest BCUT2D eigenvalue weighted by molar-refractivity contribution is -0.130. The van der Waals surface area contributed by atoms with Crippen LogP contribution in [0.15, 0.2) is 42.6 Å². The van der Waals surface area contributed by atoms with Gasteiger partial charge in [-0.15, -0.1) is 0 Å². The first-order valence-corrected chi connectivity index (χ1v) is 12.0. The van der Waals surface area contributed by atoms with Crippen LogP contribution in [-0.2, 0) is 39.9 Å². The number of rotatable bonds is 9. The number of carbonyl (C=O) groups excluding carboxylic acids is 2. The molecule has 0 aliphatic carbocycles. The smallest absolute Gasteiger partial charge is 0.339 e. The second-order valence-corrected chi connectivity index (χ2v) is 9.05. The summed E-state index contributed by atoms with van der Waals surface area (Å²) >= 11 is 0. The molecule has 1 fully saturated rings. The summed E-state index contributed by atoms with van der Waals surface area (Å²) in [6.45, 7) is 6.17. The molecule has 1 aromatic carbocycles. The van der Waals surface area contributed by atoms with Gasteiger partial charge in [0.2, 0.25) is 16.8 Å². The number of amides is 1. The van der Waals surface area contributed by atoms with Crippen molar-refractivity contribution in [1.82, 2.24) is 19.1 Å². The van der Waals surface area contributed by atoms with E-state index in [4.69, 9.17) is 0 Å². The van der Waals surface area contributed by atoms with Gasteiger partial charge in [-0.3, -0.25) is 14.7 Å². The van der Waals surface area contributed by atoms with Gasteiger partial charge in [0.15, 0.2) is 0 Å². The minimum absolute atomic E-state index is 0.127. The van der Waals surface area contributed by atoms with E-state index in [1.54, 1.807) is 19.1 Å². The molecule has 2 aromatic rings. The molecular weight excluding hydrogens is 444 g/mol. The van der Waals surface area contributed by atoms with E-state index in [-0.39, 0.29) is 12.5 Å². The SMILES string of the molecule is COC(=O)c1ccc(CN(CCc2ccc(CN3CCN(C(C)=O)CC3)cc2)[SH](=O)=O)nc1. The van der Waals surface area contributed by atoms with Crippen LogP contribution in [0.25, 0.3) is 0 Å². The molecule has 1 aromatic heterocycles. The predicted molar refractivity (Wildman–Crippen MR) is 124 cm³/mol. The van der Waals surface area contributed by atoms with E-state index in [1.807, 2.05) is 17.0 Å². The van der Waals surface area contributed by atoms with Gasteiger partial charge in [-0.05, 0) is 29.7 Å². The molecule has 1 aliphatic heterocycles. The number of hydrogen-bond donors (Lipinski definition) is 1. The topological polar surface area (TPSA) is 100 Å². The van der Waals surface area contributed by atoms with Gasteiger partial charge < -0.3 is 9.64 Å². The Labute approximate surface area is 196 Å². The van der Waals surface area contributed by atoms with Gasteiger partial charge in [0.25, 0.3) is 0 Å². The van der Waals surface area contributed by atoms with Gasteiger partial charge in [-0.2, -0.15) is 4.31 Å². The van der Waals surface area contributed by atoms with Crippen LogP contribution in [0.3, 0.4) is 0 Å². The van der Waals surface area contributed by atoms with Crippen LogP contribution in [0.4, 0.5) is 0 Å². The Morgan fingerprint density at radius 2 is 1.70 bits per heavy atom.